The molecule has 1 aromatic rings. The molecule has 0 aliphatic heterocycles. The SMILES string of the molecule is C=C(CCC)NC(C)Cc1cc(Cl)cc(C(=C)C)c1CC. The Labute approximate surface area is 135 Å². The second-order valence-corrected chi connectivity index (χ2v) is 6.26. The fraction of sp³-hybridized carbons (Fsp3) is 0.474. The van der Waals surface area contributed by atoms with E-state index in [9.17, 15) is 0 Å². The maximum atomic E-state index is 6.28. The van der Waals surface area contributed by atoms with Gasteiger partial charge in [-0.3, -0.25) is 0 Å². The molecule has 0 spiro atoms. The average molecular weight is 306 g/mol. The van der Waals surface area contributed by atoms with Gasteiger partial charge in [-0.05, 0) is 61.9 Å². The zero-order valence-corrected chi connectivity index (χ0v) is 14.6. The van der Waals surface area contributed by atoms with E-state index in [2.05, 4.69) is 45.3 Å². The Bertz CT molecular complexity index is 517. The Morgan fingerprint density at radius 2 is 1.95 bits per heavy atom. The molecular weight excluding hydrogens is 278 g/mol. The third-order valence-corrected chi connectivity index (χ3v) is 3.87. The summed E-state index contributed by atoms with van der Waals surface area (Å²) in [6.45, 7) is 16.8. The summed E-state index contributed by atoms with van der Waals surface area (Å²) < 4.78 is 0. The van der Waals surface area contributed by atoms with Crippen LogP contribution in [-0.4, -0.2) is 6.04 Å². The van der Waals surface area contributed by atoms with Crippen LogP contribution >= 0.6 is 11.6 Å². The lowest BCUT2D eigenvalue weighted by atomic mass is 9.92. The number of nitrogens with one attached hydrogen (secondary N) is 1. The zero-order chi connectivity index (χ0) is 16.0. The van der Waals surface area contributed by atoms with Crippen LogP contribution in [0.25, 0.3) is 5.57 Å². The molecule has 1 atom stereocenters. The second-order valence-electron chi connectivity index (χ2n) is 5.83. The van der Waals surface area contributed by atoms with Crippen molar-refractivity contribution in [3.63, 3.8) is 0 Å². The largest absolute Gasteiger partial charge is 0.386 e. The number of hydrogen-bond acceptors (Lipinski definition) is 1. The number of allylic oxidation sites excluding steroid dienone is 2. The maximum Gasteiger partial charge on any atom is 0.0415 e. The molecule has 1 rings (SSSR count). The summed E-state index contributed by atoms with van der Waals surface area (Å²) in [5, 5.41) is 4.28. The minimum Gasteiger partial charge on any atom is -0.386 e. The van der Waals surface area contributed by atoms with E-state index in [1.54, 1.807) is 0 Å². The topological polar surface area (TPSA) is 12.0 Å². The minimum absolute atomic E-state index is 0.353. The van der Waals surface area contributed by atoms with Gasteiger partial charge < -0.3 is 5.32 Å². The molecule has 1 aromatic carbocycles. The lowest BCUT2D eigenvalue weighted by molar-refractivity contribution is 0.589. The highest BCUT2D eigenvalue weighted by Crippen LogP contribution is 2.27. The van der Waals surface area contributed by atoms with Crippen molar-refractivity contribution in [2.24, 2.45) is 0 Å². The molecule has 0 bridgehead atoms. The molecule has 0 aromatic heterocycles. The molecular formula is C19H28ClN. The van der Waals surface area contributed by atoms with Crippen molar-refractivity contribution >= 4 is 17.2 Å². The second kappa shape index (κ2) is 8.29. The van der Waals surface area contributed by atoms with Crippen LogP contribution in [0.15, 0.2) is 31.0 Å². The predicted molar refractivity (Wildman–Crippen MR) is 95.9 cm³/mol. The van der Waals surface area contributed by atoms with Gasteiger partial charge in [-0.15, -0.1) is 0 Å². The van der Waals surface area contributed by atoms with E-state index in [1.807, 2.05) is 13.0 Å². The lowest BCUT2D eigenvalue weighted by Gasteiger charge is -2.20. The fourth-order valence-electron chi connectivity index (χ4n) is 2.78. The number of benzene rings is 1. The van der Waals surface area contributed by atoms with E-state index in [-0.39, 0.29) is 0 Å². The summed E-state index contributed by atoms with van der Waals surface area (Å²) in [5.74, 6) is 0. The first-order valence-electron chi connectivity index (χ1n) is 7.80. The van der Waals surface area contributed by atoms with E-state index in [0.717, 1.165) is 42.0 Å². The molecule has 0 radical (unpaired) electrons. The van der Waals surface area contributed by atoms with Gasteiger partial charge in [-0.2, -0.15) is 0 Å². The van der Waals surface area contributed by atoms with Gasteiger partial charge in [-0.1, -0.05) is 50.6 Å². The summed E-state index contributed by atoms with van der Waals surface area (Å²) in [4.78, 5) is 0. The van der Waals surface area contributed by atoms with Gasteiger partial charge in [-0.25, -0.2) is 0 Å². The lowest BCUT2D eigenvalue weighted by Crippen LogP contribution is -2.27. The Morgan fingerprint density at radius 1 is 1.29 bits per heavy atom. The van der Waals surface area contributed by atoms with E-state index < -0.39 is 0 Å². The Kier molecular flexibility index (Phi) is 7.04. The minimum atomic E-state index is 0.353. The van der Waals surface area contributed by atoms with Gasteiger partial charge in [0.2, 0.25) is 0 Å². The van der Waals surface area contributed by atoms with Crippen LogP contribution in [0.5, 0.6) is 0 Å². The monoisotopic (exact) mass is 305 g/mol. The van der Waals surface area contributed by atoms with Crippen LogP contribution in [-0.2, 0) is 12.8 Å². The van der Waals surface area contributed by atoms with Gasteiger partial charge in [0, 0.05) is 16.8 Å². The first-order valence-corrected chi connectivity index (χ1v) is 8.18. The maximum absolute atomic E-state index is 6.28. The van der Waals surface area contributed by atoms with Crippen molar-refractivity contribution in [3.8, 4) is 0 Å². The van der Waals surface area contributed by atoms with Crippen LogP contribution in [0.3, 0.4) is 0 Å². The van der Waals surface area contributed by atoms with Crippen LogP contribution in [0.1, 0.15) is 57.2 Å². The standard InChI is InChI=1S/C19H28ClN/c1-7-9-14(5)21-15(6)10-16-11-17(20)12-19(13(3)4)18(16)8-2/h11-12,15,21H,3,5,7-10H2,1-2,4,6H3. The van der Waals surface area contributed by atoms with E-state index >= 15 is 0 Å². The summed E-state index contributed by atoms with van der Waals surface area (Å²) >= 11 is 6.28. The molecule has 0 amide bonds. The number of rotatable bonds is 8. The number of hydrogen-bond donors (Lipinski definition) is 1. The highest BCUT2D eigenvalue weighted by Gasteiger charge is 2.13. The van der Waals surface area contributed by atoms with Crippen molar-refractivity contribution in [3.05, 3.63) is 52.7 Å². The fourth-order valence-corrected chi connectivity index (χ4v) is 3.02. The molecule has 0 fully saturated rings. The molecule has 116 valence electrons. The van der Waals surface area contributed by atoms with Crippen LogP contribution in [0, 0.1) is 0 Å². The van der Waals surface area contributed by atoms with Crippen molar-refractivity contribution < 1.29 is 0 Å². The van der Waals surface area contributed by atoms with Crippen molar-refractivity contribution in [2.45, 2.75) is 59.4 Å². The molecule has 0 saturated carbocycles. The summed E-state index contributed by atoms with van der Waals surface area (Å²) in [7, 11) is 0. The molecule has 1 N–H and O–H groups in total. The van der Waals surface area contributed by atoms with Gasteiger partial charge in [0.05, 0.1) is 0 Å². The van der Waals surface area contributed by atoms with E-state index in [1.165, 1.54) is 16.7 Å². The van der Waals surface area contributed by atoms with Gasteiger partial charge in [0.15, 0.2) is 0 Å². The van der Waals surface area contributed by atoms with Gasteiger partial charge in [0.1, 0.15) is 0 Å². The van der Waals surface area contributed by atoms with Gasteiger partial charge in [0.25, 0.3) is 0 Å². The van der Waals surface area contributed by atoms with Crippen LogP contribution < -0.4 is 5.32 Å². The molecule has 0 saturated heterocycles. The average Bonchev–Trinajstić information content (AvgIpc) is 2.37. The molecule has 21 heavy (non-hydrogen) atoms. The first kappa shape index (κ1) is 17.8. The van der Waals surface area contributed by atoms with Crippen molar-refractivity contribution in [1.82, 2.24) is 5.32 Å². The normalized spacial score (nSPS) is 12.0. The Hall–Kier alpha value is -1.21. The van der Waals surface area contributed by atoms with Crippen molar-refractivity contribution in [1.29, 1.82) is 0 Å². The van der Waals surface area contributed by atoms with Gasteiger partial charge >= 0.3 is 0 Å². The molecule has 1 unspecified atom stereocenters. The highest BCUT2D eigenvalue weighted by atomic mass is 35.5. The molecule has 0 aliphatic rings. The summed E-state index contributed by atoms with van der Waals surface area (Å²) in [6, 6.07) is 4.47. The third-order valence-electron chi connectivity index (χ3n) is 3.65. The number of halogens is 1. The first-order chi connectivity index (χ1) is 9.88. The highest BCUT2D eigenvalue weighted by molar-refractivity contribution is 6.30. The third kappa shape index (κ3) is 5.24. The molecule has 1 nitrogen and oxygen atoms in total. The molecule has 0 heterocycles. The Morgan fingerprint density at radius 3 is 2.48 bits per heavy atom. The van der Waals surface area contributed by atoms with Crippen LogP contribution in [0.4, 0.5) is 0 Å². The quantitative estimate of drug-likeness (QED) is 0.643. The summed E-state index contributed by atoms with van der Waals surface area (Å²) in [6.07, 6.45) is 4.09. The zero-order valence-electron chi connectivity index (χ0n) is 13.9. The predicted octanol–water partition coefficient (Wildman–Crippen LogP) is 5.77. The van der Waals surface area contributed by atoms with Crippen LogP contribution in [0.2, 0.25) is 5.02 Å². The Balaban J connectivity index is 2.96. The molecule has 0 aliphatic carbocycles. The van der Waals surface area contributed by atoms with E-state index in [4.69, 9.17) is 11.6 Å². The van der Waals surface area contributed by atoms with Crippen molar-refractivity contribution in [2.75, 3.05) is 0 Å². The smallest absolute Gasteiger partial charge is 0.0415 e. The molecule has 2 heteroatoms. The summed E-state index contributed by atoms with van der Waals surface area (Å²) in [5.41, 5.74) is 6.06. The van der Waals surface area contributed by atoms with E-state index in [0.29, 0.717) is 6.04 Å².